The number of hydrogen-bond donors (Lipinski definition) is 1. The summed E-state index contributed by atoms with van der Waals surface area (Å²) in [7, 11) is -0.218. The Kier molecular flexibility index (Phi) is 13.6. The van der Waals surface area contributed by atoms with E-state index in [2.05, 4.69) is 55.9 Å². The van der Waals surface area contributed by atoms with Gasteiger partial charge in [-0.15, -0.1) is 11.8 Å². The number of anilines is 2. The van der Waals surface area contributed by atoms with Crippen molar-refractivity contribution in [3.05, 3.63) is 148 Å². The predicted molar refractivity (Wildman–Crippen MR) is 226 cm³/mol. The number of nitro benzene ring substituents is 1. The second kappa shape index (κ2) is 18.7. The van der Waals surface area contributed by atoms with E-state index in [4.69, 9.17) is 11.6 Å². The minimum absolute atomic E-state index is 0.121. The smallest absolute Gasteiger partial charge is 0.292 e. The number of nitrogens with zero attached hydrogens (tertiary/aromatic N) is 5. The van der Waals surface area contributed by atoms with Crippen LogP contribution < -0.4 is 10.2 Å². The van der Waals surface area contributed by atoms with Gasteiger partial charge in [-0.1, -0.05) is 78.3 Å². The number of halogens is 1. The average Bonchev–Trinajstić information content (AvgIpc) is 3.19. The molecule has 0 saturated carbocycles. The summed E-state index contributed by atoms with van der Waals surface area (Å²) >= 11 is 7.76. The van der Waals surface area contributed by atoms with Gasteiger partial charge in [0.05, 0.1) is 9.82 Å². The lowest BCUT2D eigenvalue weighted by Gasteiger charge is -2.36. The maximum absolute atomic E-state index is 13.4. The molecule has 1 aliphatic heterocycles. The highest BCUT2D eigenvalue weighted by molar-refractivity contribution is 7.99. The van der Waals surface area contributed by atoms with E-state index in [-0.39, 0.29) is 22.3 Å². The molecule has 5 aromatic rings. The SMILES string of the molecule is CN(C)CC[C@H](CSc1ccccc1)Nc1cc(S(=O)(=O)N=Cc2ccc(N3CCN(Cc4ccccc4-c4ccc(Cl)cc4)CC3)cc2)ccc1[N+](=O)[O-]. The standard InChI is InChI=1S/C42H45ClN6O4S2/c1-46(2)23-22-36(31-54-38-9-4-3-5-10-38)45-41-28-39(20-21-42(41)49(50)51)55(52,53)44-29-32-12-18-37(19-13-32)48-26-24-47(25-27-48)30-34-8-6-7-11-40(34)33-14-16-35(43)17-15-33/h3-21,28-29,36,45H,22-27,30-31H2,1-2H3/t36-/m1/s1. The van der Waals surface area contributed by atoms with Gasteiger partial charge >= 0.3 is 0 Å². The molecular formula is C42H45ClN6O4S2. The molecule has 0 radical (unpaired) electrons. The van der Waals surface area contributed by atoms with E-state index in [0.717, 1.165) is 60.4 Å². The van der Waals surface area contributed by atoms with Gasteiger partial charge in [-0.3, -0.25) is 15.0 Å². The summed E-state index contributed by atoms with van der Waals surface area (Å²) in [5.41, 5.74) is 5.28. The summed E-state index contributed by atoms with van der Waals surface area (Å²) in [5.74, 6) is 0.634. The van der Waals surface area contributed by atoms with Crippen molar-refractivity contribution in [2.45, 2.75) is 28.8 Å². The van der Waals surface area contributed by atoms with Crippen LogP contribution in [-0.2, 0) is 16.6 Å². The molecule has 1 saturated heterocycles. The lowest BCUT2D eigenvalue weighted by atomic mass is 9.99. The maximum Gasteiger partial charge on any atom is 0.292 e. The first kappa shape index (κ1) is 40.0. The third kappa shape index (κ3) is 11.2. The van der Waals surface area contributed by atoms with Crippen LogP contribution in [-0.4, -0.2) is 88.0 Å². The molecule has 55 heavy (non-hydrogen) atoms. The molecule has 13 heteroatoms. The molecule has 1 N–H and O–H groups in total. The Bertz CT molecular complexity index is 2180. The van der Waals surface area contributed by atoms with Crippen molar-refractivity contribution in [3.8, 4) is 11.1 Å². The van der Waals surface area contributed by atoms with E-state index in [1.807, 2.05) is 85.7 Å². The number of rotatable bonds is 16. The third-order valence-electron chi connectivity index (χ3n) is 9.48. The fourth-order valence-corrected chi connectivity index (χ4v) is 8.44. The topological polar surface area (TPSA) is 111 Å². The molecule has 1 aliphatic rings. The fraction of sp³-hybridized carbons (Fsp3) is 0.262. The highest BCUT2D eigenvalue weighted by Crippen LogP contribution is 2.31. The lowest BCUT2D eigenvalue weighted by Crippen LogP contribution is -2.46. The van der Waals surface area contributed by atoms with Crippen molar-refractivity contribution < 1.29 is 13.3 Å². The zero-order chi connectivity index (χ0) is 38.8. The maximum atomic E-state index is 13.4. The molecule has 10 nitrogen and oxygen atoms in total. The normalized spacial score (nSPS) is 14.4. The first-order chi connectivity index (χ1) is 26.5. The van der Waals surface area contributed by atoms with Gasteiger partial charge in [0, 0.05) is 72.4 Å². The van der Waals surface area contributed by atoms with Crippen LogP contribution in [0.3, 0.4) is 0 Å². The minimum atomic E-state index is -4.15. The minimum Gasteiger partial charge on any atom is -0.376 e. The molecule has 0 bridgehead atoms. The molecule has 0 aliphatic carbocycles. The number of thioether (sulfide) groups is 1. The quantitative estimate of drug-likeness (QED) is 0.0455. The predicted octanol–water partition coefficient (Wildman–Crippen LogP) is 8.57. The van der Waals surface area contributed by atoms with Crippen molar-refractivity contribution >= 4 is 56.7 Å². The Hall–Kier alpha value is -4.72. The number of nitrogens with one attached hydrogen (secondary N) is 1. The van der Waals surface area contributed by atoms with Gasteiger partial charge in [-0.2, -0.15) is 12.8 Å². The first-order valence-corrected chi connectivity index (χ1v) is 20.9. The van der Waals surface area contributed by atoms with Crippen molar-refractivity contribution in [1.29, 1.82) is 0 Å². The Labute approximate surface area is 333 Å². The van der Waals surface area contributed by atoms with Crippen molar-refractivity contribution in [1.82, 2.24) is 9.80 Å². The van der Waals surface area contributed by atoms with Crippen LogP contribution in [0.25, 0.3) is 11.1 Å². The molecule has 5 aromatic carbocycles. The molecule has 0 unspecified atom stereocenters. The second-order valence-corrected chi connectivity index (χ2v) is 16.9. The van der Waals surface area contributed by atoms with Gasteiger partial charge in [-0.05, 0) is 97.8 Å². The van der Waals surface area contributed by atoms with Crippen molar-refractivity contribution in [2.24, 2.45) is 4.40 Å². The Balaban J connectivity index is 1.08. The van der Waals surface area contributed by atoms with E-state index in [9.17, 15) is 18.5 Å². The molecule has 1 heterocycles. The summed E-state index contributed by atoms with van der Waals surface area (Å²) in [4.78, 5) is 19.3. The molecule has 0 aromatic heterocycles. The second-order valence-electron chi connectivity index (χ2n) is 13.7. The van der Waals surface area contributed by atoms with Crippen LogP contribution >= 0.6 is 23.4 Å². The van der Waals surface area contributed by atoms with E-state index in [1.54, 1.807) is 11.8 Å². The van der Waals surface area contributed by atoms with Crippen molar-refractivity contribution in [2.75, 3.05) is 62.8 Å². The Morgan fingerprint density at radius 1 is 0.909 bits per heavy atom. The van der Waals surface area contributed by atoms with Crippen LogP contribution in [0.2, 0.25) is 5.02 Å². The Morgan fingerprint density at radius 2 is 1.60 bits per heavy atom. The molecular weight excluding hydrogens is 752 g/mol. The van der Waals surface area contributed by atoms with Gasteiger partial charge in [-0.25, -0.2) is 0 Å². The summed E-state index contributed by atoms with van der Waals surface area (Å²) < 4.78 is 30.8. The highest BCUT2D eigenvalue weighted by Gasteiger charge is 2.23. The van der Waals surface area contributed by atoms with Crippen LogP contribution in [0.15, 0.2) is 136 Å². The van der Waals surface area contributed by atoms with Gasteiger partial charge in [0.25, 0.3) is 15.7 Å². The first-order valence-electron chi connectivity index (χ1n) is 18.1. The summed E-state index contributed by atoms with van der Waals surface area (Å²) in [6.07, 6.45) is 2.02. The fourth-order valence-electron chi connectivity index (χ4n) is 6.43. The van der Waals surface area contributed by atoms with Gasteiger partial charge in [0.15, 0.2) is 0 Å². The largest absolute Gasteiger partial charge is 0.376 e. The number of nitro groups is 1. The van der Waals surface area contributed by atoms with Crippen LogP contribution in [0, 0.1) is 10.1 Å². The zero-order valence-electron chi connectivity index (χ0n) is 30.9. The van der Waals surface area contributed by atoms with E-state index >= 15 is 0 Å². The van der Waals surface area contributed by atoms with E-state index in [1.165, 1.54) is 35.5 Å². The van der Waals surface area contributed by atoms with Crippen LogP contribution in [0.4, 0.5) is 17.1 Å². The molecule has 0 spiro atoms. The molecule has 286 valence electrons. The summed E-state index contributed by atoms with van der Waals surface area (Å²) in [5, 5.41) is 16.0. The van der Waals surface area contributed by atoms with Gasteiger partial charge in [0.1, 0.15) is 5.69 Å². The zero-order valence-corrected chi connectivity index (χ0v) is 33.3. The molecule has 6 rings (SSSR count). The molecule has 1 fully saturated rings. The van der Waals surface area contributed by atoms with Gasteiger partial charge < -0.3 is 15.1 Å². The molecule has 1 atom stereocenters. The number of piperazine rings is 1. The lowest BCUT2D eigenvalue weighted by molar-refractivity contribution is -0.384. The number of benzene rings is 5. The number of sulfonamides is 1. The van der Waals surface area contributed by atoms with Crippen LogP contribution in [0.1, 0.15) is 17.5 Å². The van der Waals surface area contributed by atoms with E-state index < -0.39 is 14.9 Å². The van der Waals surface area contributed by atoms with E-state index in [0.29, 0.717) is 17.7 Å². The Morgan fingerprint density at radius 3 is 2.29 bits per heavy atom. The van der Waals surface area contributed by atoms with Crippen molar-refractivity contribution in [3.63, 3.8) is 0 Å². The monoisotopic (exact) mass is 796 g/mol. The highest BCUT2D eigenvalue weighted by atomic mass is 35.5. The number of hydrogen-bond acceptors (Lipinski definition) is 9. The summed E-state index contributed by atoms with van der Waals surface area (Å²) in [6.45, 7) is 5.15. The van der Waals surface area contributed by atoms with Gasteiger partial charge in [0.2, 0.25) is 0 Å². The van der Waals surface area contributed by atoms with Crippen LogP contribution in [0.5, 0.6) is 0 Å². The molecule has 0 amide bonds. The average molecular weight is 797 g/mol. The summed E-state index contributed by atoms with van der Waals surface area (Å²) in [6, 6.07) is 37.7. The third-order valence-corrected chi connectivity index (χ3v) is 12.1.